The lowest BCUT2D eigenvalue weighted by Gasteiger charge is -2.27. The number of hydrogen-bond acceptors (Lipinski definition) is 5. The van der Waals surface area contributed by atoms with E-state index in [1.807, 2.05) is 14.0 Å². The number of hydrogen-bond donors (Lipinski definition) is 1. The Kier molecular flexibility index (Phi) is 4.62. The number of rotatable bonds is 3. The van der Waals surface area contributed by atoms with E-state index in [9.17, 15) is 8.42 Å². The summed E-state index contributed by atoms with van der Waals surface area (Å²) in [4.78, 5) is 6.38. The minimum absolute atomic E-state index is 0.0441. The molecule has 1 aromatic heterocycles. The fourth-order valence-electron chi connectivity index (χ4n) is 2.63. The second-order valence-electron chi connectivity index (χ2n) is 5.20. The predicted octanol–water partition coefficient (Wildman–Crippen LogP) is 0.838. The van der Waals surface area contributed by atoms with Crippen molar-refractivity contribution in [2.75, 3.05) is 39.0 Å². The van der Waals surface area contributed by atoms with Gasteiger partial charge in [0.25, 0.3) is 0 Å². The summed E-state index contributed by atoms with van der Waals surface area (Å²) in [7, 11) is 0.221. The molecule has 7 heteroatoms. The normalized spacial score (nSPS) is 22.4. The molecule has 0 amide bonds. The Labute approximate surface area is 120 Å². The molecule has 1 N–H and O–H groups in total. The summed E-state index contributed by atoms with van der Waals surface area (Å²) in [5, 5.41) is 2.92. The van der Waals surface area contributed by atoms with E-state index in [1.54, 1.807) is 23.6 Å². The summed E-state index contributed by atoms with van der Waals surface area (Å²) in [5.41, 5.74) is 0.588. The van der Waals surface area contributed by atoms with Crippen LogP contribution in [-0.2, 0) is 10.0 Å². The first-order valence-corrected chi connectivity index (χ1v) is 8.23. The molecule has 6 nitrogen and oxygen atoms in total. The standard InChI is InChI=1S/C13H22N4O2S/c1-11-10-16(3)7-4-8-17(11)20(18,19)13-9-15-6-5-12(13)14-2/h5-6,9,11H,4,7-8,10H2,1-3H3,(H,14,15). The molecule has 2 rings (SSSR count). The van der Waals surface area contributed by atoms with Crippen LogP contribution in [0.25, 0.3) is 0 Å². The van der Waals surface area contributed by atoms with Gasteiger partial charge in [-0.1, -0.05) is 0 Å². The van der Waals surface area contributed by atoms with Crippen LogP contribution in [0.15, 0.2) is 23.4 Å². The van der Waals surface area contributed by atoms with Crippen LogP contribution < -0.4 is 5.32 Å². The van der Waals surface area contributed by atoms with Crippen LogP contribution in [0.5, 0.6) is 0 Å². The third kappa shape index (κ3) is 2.94. The van der Waals surface area contributed by atoms with Crippen LogP contribution in [0.3, 0.4) is 0 Å². The van der Waals surface area contributed by atoms with E-state index in [1.165, 1.54) is 6.20 Å². The molecule has 1 aliphatic heterocycles. The molecule has 112 valence electrons. The molecular formula is C13H22N4O2S. The first-order chi connectivity index (χ1) is 9.46. The van der Waals surface area contributed by atoms with E-state index in [0.717, 1.165) is 19.5 Å². The van der Waals surface area contributed by atoms with E-state index < -0.39 is 10.0 Å². The average Bonchev–Trinajstić information content (AvgIpc) is 2.59. The van der Waals surface area contributed by atoms with Gasteiger partial charge in [-0.15, -0.1) is 0 Å². The van der Waals surface area contributed by atoms with Crippen molar-refractivity contribution in [3.8, 4) is 0 Å². The Hall–Kier alpha value is -1.18. The number of nitrogens with zero attached hydrogens (tertiary/aromatic N) is 3. The zero-order valence-corrected chi connectivity index (χ0v) is 13.0. The van der Waals surface area contributed by atoms with Gasteiger partial charge in [-0.25, -0.2) is 8.42 Å². The van der Waals surface area contributed by atoms with Crippen LogP contribution >= 0.6 is 0 Å². The molecule has 0 aliphatic carbocycles. The Balaban J connectivity index is 2.38. The van der Waals surface area contributed by atoms with Gasteiger partial charge in [0.1, 0.15) is 4.90 Å². The lowest BCUT2D eigenvalue weighted by atomic mass is 10.3. The summed E-state index contributed by atoms with van der Waals surface area (Å²) >= 11 is 0. The molecule has 1 aliphatic rings. The minimum Gasteiger partial charge on any atom is -0.387 e. The van der Waals surface area contributed by atoms with Crippen LogP contribution in [0, 0.1) is 0 Å². The summed E-state index contributed by atoms with van der Waals surface area (Å²) in [6, 6.07) is 1.64. The van der Waals surface area contributed by atoms with Crippen LogP contribution in [-0.4, -0.2) is 62.4 Å². The van der Waals surface area contributed by atoms with Gasteiger partial charge >= 0.3 is 0 Å². The molecule has 0 spiro atoms. The molecule has 0 saturated carbocycles. The largest absolute Gasteiger partial charge is 0.387 e. The summed E-state index contributed by atoms with van der Waals surface area (Å²) in [5.74, 6) is 0. The fraction of sp³-hybridized carbons (Fsp3) is 0.615. The highest BCUT2D eigenvalue weighted by Crippen LogP contribution is 2.26. The Morgan fingerprint density at radius 3 is 2.85 bits per heavy atom. The highest BCUT2D eigenvalue weighted by Gasteiger charge is 2.32. The fourth-order valence-corrected chi connectivity index (χ4v) is 4.43. The predicted molar refractivity (Wildman–Crippen MR) is 79.3 cm³/mol. The average molecular weight is 298 g/mol. The monoisotopic (exact) mass is 298 g/mol. The van der Waals surface area contributed by atoms with Crippen molar-refractivity contribution in [1.82, 2.24) is 14.2 Å². The van der Waals surface area contributed by atoms with E-state index in [-0.39, 0.29) is 10.9 Å². The quantitative estimate of drug-likeness (QED) is 0.896. The van der Waals surface area contributed by atoms with Gasteiger partial charge in [0.05, 0.1) is 5.69 Å². The van der Waals surface area contributed by atoms with Gasteiger partial charge in [-0.2, -0.15) is 4.31 Å². The van der Waals surface area contributed by atoms with Gasteiger partial charge in [0.2, 0.25) is 10.0 Å². The molecule has 2 heterocycles. The molecule has 0 aromatic carbocycles. The maximum Gasteiger partial charge on any atom is 0.246 e. The minimum atomic E-state index is -3.52. The lowest BCUT2D eigenvalue weighted by Crippen LogP contribution is -2.42. The number of likely N-dealkylation sites (N-methyl/N-ethyl adjacent to an activating group) is 1. The van der Waals surface area contributed by atoms with E-state index >= 15 is 0 Å². The van der Waals surface area contributed by atoms with E-state index in [2.05, 4.69) is 15.2 Å². The molecule has 1 saturated heterocycles. The van der Waals surface area contributed by atoms with E-state index in [0.29, 0.717) is 12.2 Å². The first-order valence-electron chi connectivity index (χ1n) is 6.79. The highest BCUT2D eigenvalue weighted by molar-refractivity contribution is 7.89. The van der Waals surface area contributed by atoms with E-state index in [4.69, 9.17) is 0 Å². The highest BCUT2D eigenvalue weighted by atomic mass is 32.2. The van der Waals surface area contributed by atoms with Crippen LogP contribution in [0.1, 0.15) is 13.3 Å². The van der Waals surface area contributed by atoms with Crippen LogP contribution in [0.4, 0.5) is 5.69 Å². The summed E-state index contributed by atoms with van der Waals surface area (Å²) in [6.07, 6.45) is 3.85. The van der Waals surface area contributed by atoms with Gasteiger partial charge in [0.15, 0.2) is 0 Å². The van der Waals surface area contributed by atoms with Crippen molar-refractivity contribution in [2.24, 2.45) is 0 Å². The van der Waals surface area contributed by atoms with Crippen molar-refractivity contribution < 1.29 is 8.42 Å². The van der Waals surface area contributed by atoms with Gasteiger partial charge < -0.3 is 10.2 Å². The van der Waals surface area contributed by atoms with Crippen molar-refractivity contribution >= 4 is 15.7 Å². The van der Waals surface area contributed by atoms with Crippen molar-refractivity contribution in [3.05, 3.63) is 18.5 Å². The molecular weight excluding hydrogens is 276 g/mol. The lowest BCUT2D eigenvalue weighted by molar-refractivity contribution is 0.290. The first kappa shape index (κ1) is 15.2. The molecule has 1 aromatic rings. The summed E-state index contributed by atoms with van der Waals surface area (Å²) in [6.45, 7) is 4.16. The Bertz CT molecular complexity index is 561. The molecule has 20 heavy (non-hydrogen) atoms. The Morgan fingerprint density at radius 2 is 2.15 bits per heavy atom. The maximum atomic E-state index is 12.9. The van der Waals surface area contributed by atoms with Crippen LogP contribution in [0.2, 0.25) is 0 Å². The number of aromatic nitrogens is 1. The Morgan fingerprint density at radius 1 is 1.40 bits per heavy atom. The maximum absolute atomic E-state index is 12.9. The number of pyridine rings is 1. The third-order valence-electron chi connectivity index (χ3n) is 3.63. The smallest absolute Gasteiger partial charge is 0.246 e. The SMILES string of the molecule is CNc1ccncc1S(=O)(=O)N1CCCN(C)CC1C. The third-order valence-corrected chi connectivity index (χ3v) is 5.67. The second kappa shape index (κ2) is 6.07. The van der Waals surface area contributed by atoms with Gasteiger partial charge in [-0.05, 0) is 33.0 Å². The van der Waals surface area contributed by atoms with Crippen molar-refractivity contribution in [2.45, 2.75) is 24.3 Å². The van der Waals surface area contributed by atoms with Crippen molar-refractivity contribution in [1.29, 1.82) is 0 Å². The van der Waals surface area contributed by atoms with Crippen molar-refractivity contribution in [3.63, 3.8) is 0 Å². The molecule has 0 radical (unpaired) electrons. The zero-order valence-electron chi connectivity index (χ0n) is 12.2. The number of nitrogens with one attached hydrogen (secondary N) is 1. The molecule has 0 bridgehead atoms. The van der Waals surface area contributed by atoms with Gasteiger partial charge in [0, 0.05) is 38.6 Å². The zero-order chi connectivity index (χ0) is 14.8. The number of sulfonamides is 1. The second-order valence-corrected chi connectivity index (χ2v) is 7.06. The molecule has 1 atom stereocenters. The summed E-state index contributed by atoms with van der Waals surface area (Å²) < 4.78 is 27.3. The van der Waals surface area contributed by atoms with Gasteiger partial charge in [-0.3, -0.25) is 4.98 Å². The number of anilines is 1. The topological polar surface area (TPSA) is 65.5 Å². The molecule has 1 fully saturated rings. The molecule has 1 unspecified atom stereocenters.